The van der Waals surface area contributed by atoms with Crippen LogP contribution in [0.4, 0.5) is 5.95 Å². The lowest BCUT2D eigenvalue weighted by atomic mass is 9.96. The molecule has 254 valence electrons. The zero-order valence-electron chi connectivity index (χ0n) is 27.2. The Labute approximate surface area is 287 Å². The number of ether oxygens (including phenoxy) is 1. The van der Waals surface area contributed by atoms with Crippen LogP contribution in [0.3, 0.4) is 0 Å². The number of piperazine rings is 1. The number of hydrogen-bond donors (Lipinski definition) is 1. The molecule has 5 rings (SSSR count). The predicted octanol–water partition coefficient (Wildman–Crippen LogP) is 4.93. The summed E-state index contributed by atoms with van der Waals surface area (Å²) in [6, 6.07) is 9.34. The fraction of sp³-hybridized carbons (Fsp3) is 0.515. The summed E-state index contributed by atoms with van der Waals surface area (Å²) in [5.41, 5.74) is 2.53. The summed E-state index contributed by atoms with van der Waals surface area (Å²) in [5, 5.41) is 3.65. The maximum absolute atomic E-state index is 11.8. The van der Waals surface area contributed by atoms with Crippen molar-refractivity contribution in [1.82, 2.24) is 30.1 Å². The number of carbonyl (C=O) groups excluding carboxylic acids is 1. The first-order valence-corrected chi connectivity index (χ1v) is 18.7. The molecule has 1 unspecified atom stereocenters. The highest BCUT2D eigenvalue weighted by atomic mass is 35.5. The molecule has 2 aliphatic heterocycles. The largest absolute Gasteiger partial charge is 0.436 e. The second-order valence-electron chi connectivity index (χ2n) is 12.6. The average molecular weight is 705 g/mol. The molecule has 0 spiro atoms. The fourth-order valence-electron chi connectivity index (χ4n) is 5.84. The Bertz CT molecular complexity index is 1610. The fourth-order valence-corrected chi connectivity index (χ4v) is 6.90. The van der Waals surface area contributed by atoms with Gasteiger partial charge in [0.1, 0.15) is 9.84 Å². The molecule has 2 aromatic heterocycles. The zero-order chi connectivity index (χ0) is 33.6. The van der Waals surface area contributed by atoms with Gasteiger partial charge in [-0.1, -0.05) is 23.2 Å². The van der Waals surface area contributed by atoms with Gasteiger partial charge in [0.15, 0.2) is 5.75 Å². The lowest BCUT2D eigenvalue weighted by Crippen LogP contribution is -2.47. The van der Waals surface area contributed by atoms with Crippen LogP contribution in [-0.4, -0.2) is 103 Å². The smallest absolute Gasteiger partial charge is 0.225 e. The minimum atomic E-state index is -3.02. The molecule has 2 aliphatic rings. The SMILES string of the molecule is CC(=O)NCC1CCN(Cc2cc(Oc3cnc(N4CCN(CCC(C)S(C)(=O)=O)CC4)nc3)nc(-c3cc(Cl)cc(Cl)c3)c2)CC1. The molecule has 0 saturated carbocycles. The molecule has 1 N–H and O–H groups in total. The van der Waals surface area contributed by atoms with Crippen molar-refractivity contribution in [3.05, 3.63) is 58.3 Å². The van der Waals surface area contributed by atoms with Gasteiger partial charge in [-0.3, -0.25) is 14.6 Å². The molecule has 1 atom stereocenters. The van der Waals surface area contributed by atoms with Gasteiger partial charge in [0, 0.05) is 74.1 Å². The van der Waals surface area contributed by atoms with E-state index >= 15 is 0 Å². The molecule has 4 heterocycles. The Kier molecular flexibility index (Phi) is 11.9. The number of anilines is 1. The Hall–Kier alpha value is -3.03. The first kappa shape index (κ1) is 35.3. The van der Waals surface area contributed by atoms with Crippen molar-refractivity contribution in [2.45, 2.75) is 44.9 Å². The minimum Gasteiger partial charge on any atom is -0.436 e. The molecular formula is C33H43Cl2N7O4S. The standard InChI is InChI=1S/C33H43Cl2N7O4S/c1-23(47(3,44)45)4-7-40-10-12-42(13-11-40)33-37-20-30(21-38-33)46-32-15-26(14-31(39-32)27-16-28(34)18-29(35)17-27)22-41-8-5-25(6-9-41)19-36-24(2)43/h14-18,20-21,23,25H,4-13,19,22H2,1-3H3,(H,36,43). The van der Waals surface area contributed by atoms with Crippen LogP contribution in [0.15, 0.2) is 42.7 Å². The summed E-state index contributed by atoms with van der Waals surface area (Å²) < 4.78 is 29.7. The van der Waals surface area contributed by atoms with E-state index in [-0.39, 0.29) is 11.2 Å². The van der Waals surface area contributed by atoms with Crippen LogP contribution in [0.2, 0.25) is 10.0 Å². The minimum absolute atomic E-state index is 0.0128. The molecule has 0 bridgehead atoms. The molecule has 0 radical (unpaired) electrons. The van der Waals surface area contributed by atoms with E-state index in [1.807, 2.05) is 24.3 Å². The lowest BCUT2D eigenvalue weighted by molar-refractivity contribution is -0.119. The maximum Gasteiger partial charge on any atom is 0.225 e. The number of amides is 1. The molecule has 1 amide bonds. The van der Waals surface area contributed by atoms with E-state index in [0.29, 0.717) is 45.7 Å². The van der Waals surface area contributed by atoms with Crippen LogP contribution in [0, 0.1) is 5.92 Å². The first-order chi connectivity index (χ1) is 22.4. The van der Waals surface area contributed by atoms with Gasteiger partial charge in [-0.25, -0.2) is 23.4 Å². The molecule has 1 aromatic carbocycles. The monoisotopic (exact) mass is 703 g/mol. The summed E-state index contributed by atoms with van der Waals surface area (Å²) in [4.78, 5) is 32.1. The summed E-state index contributed by atoms with van der Waals surface area (Å²) in [7, 11) is -3.02. The quantitative estimate of drug-likeness (QED) is 0.278. The predicted molar refractivity (Wildman–Crippen MR) is 186 cm³/mol. The number of carbonyl (C=O) groups is 1. The number of sulfone groups is 1. The summed E-state index contributed by atoms with van der Waals surface area (Å²) >= 11 is 12.7. The Morgan fingerprint density at radius 3 is 2.26 bits per heavy atom. The third kappa shape index (κ3) is 10.5. The number of hydrogen-bond acceptors (Lipinski definition) is 10. The van der Waals surface area contributed by atoms with E-state index in [9.17, 15) is 13.2 Å². The number of halogens is 2. The maximum atomic E-state index is 11.8. The van der Waals surface area contributed by atoms with Gasteiger partial charge in [-0.05, 0) is 81.6 Å². The summed E-state index contributed by atoms with van der Waals surface area (Å²) in [6.45, 7) is 10.5. The van der Waals surface area contributed by atoms with E-state index in [1.165, 1.54) is 6.26 Å². The van der Waals surface area contributed by atoms with Crippen molar-refractivity contribution in [2.24, 2.45) is 5.92 Å². The first-order valence-electron chi connectivity index (χ1n) is 16.0. The van der Waals surface area contributed by atoms with Gasteiger partial charge in [-0.15, -0.1) is 0 Å². The van der Waals surface area contributed by atoms with E-state index in [2.05, 4.69) is 30.0 Å². The average Bonchev–Trinajstić information content (AvgIpc) is 3.03. The van der Waals surface area contributed by atoms with Crippen LogP contribution < -0.4 is 15.0 Å². The third-order valence-corrected chi connectivity index (χ3v) is 11.0. The molecule has 14 heteroatoms. The van der Waals surface area contributed by atoms with Crippen LogP contribution in [0.1, 0.15) is 38.7 Å². The van der Waals surface area contributed by atoms with Gasteiger partial charge < -0.3 is 15.0 Å². The summed E-state index contributed by atoms with van der Waals surface area (Å²) in [5.74, 6) is 2.01. The van der Waals surface area contributed by atoms with Crippen LogP contribution in [0.25, 0.3) is 11.3 Å². The number of pyridine rings is 1. The molecule has 11 nitrogen and oxygen atoms in total. The van der Waals surface area contributed by atoms with E-state index in [0.717, 1.165) is 82.9 Å². The van der Waals surface area contributed by atoms with Gasteiger partial charge in [-0.2, -0.15) is 0 Å². The molecule has 47 heavy (non-hydrogen) atoms. The topological polar surface area (TPSA) is 121 Å². The zero-order valence-corrected chi connectivity index (χ0v) is 29.5. The van der Waals surface area contributed by atoms with Crippen molar-refractivity contribution in [3.8, 4) is 22.9 Å². The van der Waals surface area contributed by atoms with Gasteiger partial charge in [0.2, 0.25) is 17.7 Å². The molecule has 2 fully saturated rings. The number of nitrogens with zero attached hydrogens (tertiary/aromatic N) is 6. The molecular weight excluding hydrogens is 661 g/mol. The Morgan fingerprint density at radius 2 is 1.64 bits per heavy atom. The second-order valence-corrected chi connectivity index (χ2v) is 15.9. The van der Waals surface area contributed by atoms with Crippen LogP contribution in [-0.2, 0) is 21.2 Å². The molecule has 0 aliphatic carbocycles. The highest BCUT2D eigenvalue weighted by Gasteiger charge is 2.23. The van der Waals surface area contributed by atoms with E-state index in [1.54, 1.807) is 32.3 Å². The van der Waals surface area contributed by atoms with Crippen LogP contribution >= 0.6 is 23.2 Å². The molecule has 3 aromatic rings. The van der Waals surface area contributed by atoms with Crippen molar-refractivity contribution < 1.29 is 17.9 Å². The highest BCUT2D eigenvalue weighted by molar-refractivity contribution is 7.91. The molecule has 2 saturated heterocycles. The Balaban J connectivity index is 1.24. The lowest BCUT2D eigenvalue weighted by Gasteiger charge is -2.35. The van der Waals surface area contributed by atoms with Crippen molar-refractivity contribution >= 4 is 44.9 Å². The number of aromatic nitrogens is 3. The highest BCUT2D eigenvalue weighted by Crippen LogP contribution is 2.31. The Morgan fingerprint density at radius 1 is 0.979 bits per heavy atom. The van der Waals surface area contributed by atoms with Gasteiger partial charge >= 0.3 is 0 Å². The normalized spacial score (nSPS) is 17.4. The van der Waals surface area contributed by atoms with Gasteiger partial charge in [0.25, 0.3) is 0 Å². The third-order valence-electron chi connectivity index (χ3n) is 8.85. The van der Waals surface area contributed by atoms with Gasteiger partial charge in [0.05, 0.1) is 23.3 Å². The van der Waals surface area contributed by atoms with E-state index in [4.69, 9.17) is 32.9 Å². The van der Waals surface area contributed by atoms with Crippen molar-refractivity contribution in [2.75, 3.05) is 63.5 Å². The number of likely N-dealkylation sites (tertiary alicyclic amines) is 1. The summed E-state index contributed by atoms with van der Waals surface area (Å²) in [6.07, 6.45) is 7.28. The van der Waals surface area contributed by atoms with E-state index < -0.39 is 9.84 Å². The second kappa shape index (κ2) is 15.9. The van der Waals surface area contributed by atoms with Crippen molar-refractivity contribution in [3.63, 3.8) is 0 Å². The number of piperidine rings is 1. The number of nitrogens with one attached hydrogen (secondary N) is 1. The van der Waals surface area contributed by atoms with Crippen molar-refractivity contribution in [1.29, 1.82) is 0 Å². The van der Waals surface area contributed by atoms with Crippen LogP contribution in [0.5, 0.6) is 11.6 Å². The number of benzene rings is 1. The number of rotatable bonds is 12.